The number of rotatable bonds is 5. The number of halogens is 2. The topological polar surface area (TPSA) is 61.2 Å². The van der Waals surface area contributed by atoms with Crippen molar-refractivity contribution in [3.8, 4) is 6.07 Å². The number of aryl methyl sites for hydroxylation is 1. The van der Waals surface area contributed by atoms with Crippen LogP contribution in [0.3, 0.4) is 0 Å². The molecule has 0 heterocycles. The van der Waals surface area contributed by atoms with E-state index in [-0.39, 0.29) is 17.4 Å². The number of sulfonamides is 1. The van der Waals surface area contributed by atoms with Crippen molar-refractivity contribution < 1.29 is 8.42 Å². The lowest BCUT2D eigenvalue weighted by molar-refractivity contribution is 0.399. The van der Waals surface area contributed by atoms with Gasteiger partial charge < -0.3 is 0 Å². The average molecular weight is 424 g/mol. The van der Waals surface area contributed by atoms with Crippen molar-refractivity contribution in [2.45, 2.75) is 25.7 Å². The van der Waals surface area contributed by atoms with Gasteiger partial charge in [0.15, 0.2) is 0 Å². The van der Waals surface area contributed by atoms with E-state index >= 15 is 0 Å². The maximum Gasteiger partial charge on any atom is 0.244 e. The number of hydrogen-bond donors (Lipinski definition) is 0. The van der Waals surface area contributed by atoms with Crippen LogP contribution in [0, 0.1) is 24.2 Å². The summed E-state index contributed by atoms with van der Waals surface area (Å²) in [6, 6.07) is 5.42. The van der Waals surface area contributed by atoms with Crippen molar-refractivity contribution in [2.75, 3.05) is 13.1 Å². The second-order valence-electron chi connectivity index (χ2n) is 4.52. The summed E-state index contributed by atoms with van der Waals surface area (Å²) in [7, 11) is -3.62. The first kappa shape index (κ1) is 17.6. The summed E-state index contributed by atoms with van der Waals surface area (Å²) in [6.45, 7) is 5.87. The van der Waals surface area contributed by atoms with E-state index in [1.165, 1.54) is 4.31 Å². The average Bonchev–Trinajstić information content (AvgIpc) is 2.39. The van der Waals surface area contributed by atoms with Gasteiger partial charge in [0.25, 0.3) is 0 Å². The van der Waals surface area contributed by atoms with E-state index in [1.807, 2.05) is 6.92 Å². The molecule has 1 aromatic rings. The molecule has 0 saturated carbocycles. The number of benzene rings is 1. The van der Waals surface area contributed by atoms with Crippen LogP contribution in [-0.2, 0) is 10.0 Å². The van der Waals surface area contributed by atoms with Crippen LogP contribution in [0.25, 0.3) is 0 Å². The van der Waals surface area contributed by atoms with E-state index in [2.05, 4.69) is 37.9 Å². The first-order valence-electron chi connectivity index (χ1n) is 6.09. The molecule has 0 radical (unpaired) electrons. The minimum Gasteiger partial charge on any atom is -0.207 e. The monoisotopic (exact) mass is 422 g/mol. The third-order valence-electron chi connectivity index (χ3n) is 2.88. The van der Waals surface area contributed by atoms with E-state index < -0.39 is 10.0 Å². The Kier molecular flexibility index (Phi) is 6.20. The summed E-state index contributed by atoms with van der Waals surface area (Å²) in [5.74, 6) is -0.350. The highest BCUT2D eigenvalue weighted by atomic mass is 79.9. The molecule has 4 nitrogen and oxygen atoms in total. The zero-order valence-corrected chi connectivity index (χ0v) is 15.5. The molecule has 0 N–H and O–H groups in total. The van der Waals surface area contributed by atoms with Crippen LogP contribution in [-0.4, -0.2) is 25.8 Å². The lowest BCUT2D eigenvalue weighted by atomic mass is 10.2. The molecule has 0 saturated heterocycles. The highest BCUT2D eigenvalue weighted by molar-refractivity contribution is 9.11. The van der Waals surface area contributed by atoms with Gasteiger partial charge in [-0.1, -0.05) is 22.9 Å². The molecule has 7 heteroatoms. The number of hydrogen-bond acceptors (Lipinski definition) is 3. The van der Waals surface area contributed by atoms with E-state index in [9.17, 15) is 8.42 Å². The Balaban J connectivity index is 3.28. The van der Waals surface area contributed by atoms with Gasteiger partial charge in [0.2, 0.25) is 10.0 Å². The smallest absolute Gasteiger partial charge is 0.207 e. The van der Waals surface area contributed by atoms with E-state index in [1.54, 1.807) is 26.0 Å². The standard InChI is InChI=1S/C13H16Br2N2O2S/c1-4-17(8-9(2)7-16)20(18,19)13-6-11(14)10(3)5-12(13)15/h5-6,9H,4,8H2,1-3H3. The predicted octanol–water partition coefficient (Wildman–Crippen LogP) is 3.69. The highest BCUT2D eigenvalue weighted by Crippen LogP contribution is 2.31. The summed E-state index contributed by atoms with van der Waals surface area (Å²) >= 11 is 6.66. The second-order valence-corrected chi connectivity index (χ2v) is 8.13. The van der Waals surface area contributed by atoms with E-state index in [4.69, 9.17) is 5.26 Å². The summed E-state index contributed by atoms with van der Waals surface area (Å²) in [4.78, 5) is 0.210. The van der Waals surface area contributed by atoms with Gasteiger partial charge in [0.05, 0.1) is 16.9 Å². The van der Waals surface area contributed by atoms with E-state index in [0.717, 1.165) is 10.0 Å². The van der Waals surface area contributed by atoms with Crippen LogP contribution < -0.4 is 0 Å². The molecular weight excluding hydrogens is 408 g/mol. The molecule has 0 aliphatic carbocycles. The number of nitrogens with zero attached hydrogens (tertiary/aromatic N) is 2. The van der Waals surface area contributed by atoms with E-state index in [0.29, 0.717) is 11.0 Å². The van der Waals surface area contributed by atoms with Crippen LogP contribution in [0.15, 0.2) is 26.0 Å². The van der Waals surface area contributed by atoms with Crippen LogP contribution in [0.1, 0.15) is 19.4 Å². The molecule has 1 unspecified atom stereocenters. The first-order chi connectivity index (χ1) is 9.23. The fourth-order valence-electron chi connectivity index (χ4n) is 1.71. The molecule has 1 atom stereocenters. The Morgan fingerprint density at radius 2 is 1.95 bits per heavy atom. The van der Waals surface area contributed by atoms with Crippen molar-refractivity contribution in [1.82, 2.24) is 4.31 Å². The SMILES string of the molecule is CCN(CC(C)C#N)S(=O)(=O)c1cc(Br)c(C)cc1Br. The third kappa shape index (κ3) is 3.82. The van der Waals surface area contributed by atoms with Crippen molar-refractivity contribution in [3.05, 3.63) is 26.6 Å². The normalized spacial score (nSPS) is 13.2. The predicted molar refractivity (Wildman–Crippen MR) is 85.8 cm³/mol. The Labute approximate surface area is 137 Å². The zero-order valence-electron chi connectivity index (χ0n) is 11.5. The second kappa shape index (κ2) is 7.03. The Hall–Kier alpha value is -0.420. The van der Waals surface area contributed by atoms with Gasteiger partial charge in [0.1, 0.15) is 0 Å². The zero-order chi connectivity index (χ0) is 15.5. The van der Waals surface area contributed by atoms with Crippen LogP contribution in [0.2, 0.25) is 0 Å². The Morgan fingerprint density at radius 1 is 1.35 bits per heavy atom. The maximum atomic E-state index is 12.7. The third-order valence-corrected chi connectivity index (χ3v) is 6.64. The Bertz CT molecular complexity index is 639. The summed E-state index contributed by atoms with van der Waals surface area (Å²) in [5, 5.41) is 8.86. The van der Waals surface area contributed by atoms with Crippen molar-refractivity contribution in [2.24, 2.45) is 5.92 Å². The summed E-state index contributed by atoms with van der Waals surface area (Å²) in [5.41, 5.74) is 0.948. The van der Waals surface area contributed by atoms with Gasteiger partial charge in [-0.2, -0.15) is 9.57 Å². The fraction of sp³-hybridized carbons (Fsp3) is 0.462. The lowest BCUT2D eigenvalue weighted by Gasteiger charge is -2.22. The van der Waals surface area contributed by atoms with Gasteiger partial charge >= 0.3 is 0 Å². The summed E-state index contributed by atoms with van der Waals surface area (Å²) < 4.78 is 27.9. The molecule has 0 aromatic heterocycles. The van der Waals surface area contributed by atoms with Gasteiger partial charge in [0, 0.05) is 22.0 Å². The molecule has 20 heavy (non-hydrogen) atoms. The van der Waals surface area contributed by atoms with Crippen LogP contribution >= 0.6 is 31.9 Å². The first-order valence-corrected chi connectivity index (χ1v) is 9.12. The largest absolute Gasteiger partial charge is 0.244 e. The molecule has 0 bridgehead atoms. The maximum absolute atomic E-state index is 12.7. The summed E-state index contributed by atoms with van der Waals surface area (Å²) in [6.07, 6.45) is 0. The lowest BCUT2D eigenvalue weighted by Crippen LogP contribution is -2.34. The Morgan fingerprint density at radius 3 is 2.45 bits per heavy atom. The van der Waals surface area contributed by atoms with Gasteiger partial charge in [-0.05, 0) is 47.5 Å². The molecule has 0 fully saturated rings. The van der Waals surface area contributed by atoms with Crippen LogP contribution in [0.5, 0.6) is 0 Å². The molecule has 0 spiro atoms. The molecule has 110 valence electrons. The van der Waals surface area contributed by atoms with Gasteiger partial charge in [-0.3, -0.25) is 0 Å². The minimum absolute atomic E-state index is 0.188. The molecule has 0 aliphatic rings. The number of nitriles is 1. The molecule has 0 aliphatic heterocycles. The van der Waals surface area contributed by atoms with Gasteiger partial charge in [-0.15, -0.1) is 0 Å². The van der Waals surface area contributed by atoms with Crippen molar-refractivity contribution in [3.63, 3.8) is 0 Å². The molecular formula is C13H16Br2N2O2S. The van der Waals surface area contributed by atoms with Crippen molar-refractivity contribution >= 4 is 41.9 Å². The van der Waals surface area contributed by atoms with Crippen molar-refractivity contribution in [1.29, 1.82) is 5.26 Å². The van der Waals surface area contributed by atoms with Crippen LogP contribution in [0.4, 0.5) is 0 Å². The highest BCUT2D eigenvalue weighted by Gasteiger charge is 2.27. The quantitative estimate of drug-likeness (QED) is 0.725. The minimum atomic E-state index is -3.62. The van der Waals surface area contributed by atoms with Gasteiger partial charge in [-0.25, -0.2) is 8.42 Å². The fourth-order valence-corrected chi connectivity index (χ4v) is 4.88. The molecule has 1 aromatic carbocycles. The molecule has 1 rings (SSSR count). The molecule has 0 amide bonds.